The number of carbonyl (C=O) groups is 1. The van der Waals surface area contributed by atoms with Crippen molar-refractivity contribution in [2.24, 2.45) is 4.99 Å². The maximum atomic E-state index is 11.1. The largest absolute Gasteiger partial charge is 0.478 e. The topological polar surface area (TPSA) is 54.6 Å². The number of hydrogen-bond donors (Lipinski definition) is 1. The summed E-state index contributed by atoms with van der Waals surface area (Å²) in [6, 6.07) is 16.6. The molecule has 0 aliphatic carbocycles. The van der Waals surface area contributed by atoms with Gasteiger partial charge in [-0.05, 0) is 50.2 Å². The zero-order chi connectivity index (χ0) is 18.0. The van der Waals surface area contributed by atoms with Gasteiger partial charge >= 0.3 is 5.97 Å². The zero-order valence-corrected chi connectivity index (χ0v) is 14.7. The Bertz CT molecular complexity index is 959. The normalized spacial score (nSPS) is 11.2. The number of carboxylic acids is 1. The van der Waals surface area contributed by atoms with Crippen LogP contribution in [0.3, 0.4) is 0 Å². The van der Waals surface area contributed by atoms with Crippen LogP contribution in [-0.4, -0.2) is 21.9 Å². The molecule has 0 unspecified atom stereocenters. The molecule has 0 saturated carbocycles. The molecule has 126 valence electrons. The van der Waals surface area contributed by atoms with E-state index in [2.05, 4.69) is 9.56 Å². The fraction of sp³-hybridized carbons (Fsp3) is 0.100. The third-order valence-corrected chi connectivity index (χ3v) is 4.34. The second-order valence-corrected chi connectivity index (χ2v) is 6.13. The van der Waals surface area contributed by atoms with Gasteiger partial charge in [-0.1, -0.05) is 29.8 Å². The smallest absolute Gasteiger partial charge is 0.335 e. The average Bonchev–Trinajstić information content (AvgIpc) is 2.88. The van der Waals surface area contributed by atoms with Gasteiger partial charge in [0.05, 0.1) is 16.3 Å². The quantitative estimate of drug-likeness (QED) is 0.656. The van der Waals surface area contributed by atoms with Crippen molar-refractivity contribution < 1.29 is 9.90 Å². The Morgan fingerprint density at radius 3 is 2.52 bits per heavy atom. The van der Waals surface area contributed by atoms with Gasteiger partial charge in [-0.25, -0.2) is 4.79 Å². The van der Waals surface area contributed by atoms with Crippen molar-refractivity contribution in [3.8, 4) is 5.69 Å². The van der Waals surface area contributed by atoms with Crippen LogP contribution in [0.15, 0.2) is 59.6 Å². The lowest BCUT2D eigenvalue weighted by Crippen LogP contribution is -1.99. The van der Waals surface area contributed by atoms with Crippen molar-refractivity contribution in [1.82, 2.24) is 4.57 Å². The summed E-state index contributed by atoms with van der Waals surface area (Å²) in [6.07, 6.45) is 1.72. The molecule has 3 rings (SSSR count). The summed E-state index contributed by atoms with van der Waals surface area (Å²) in [5.74, 6) is -1.00. The summed E-state index contributed by atoms with van der Waals surface area (Å²) in [5.41, 5.74) is 4.78. The lowest BCUT2D eigenvalue weighted by molar-refractivity contribution is 0.0697. The van der Waals surface area contributed by atoms with Gasteiger partial charge in [0, 0.05) is 28.9 Å². The second-order valence-electron chi connectivity index (χ2n) is 5.73. The molecule has 25 heavy (non-hydrogen) atoms. The minimum atomic E-state index is -1.00. The number of aryl methyl sites for hydroxylation is 1. The van der Waals surface area contributed by atoms with Crippen LogP contribution < -0.4 is 0 Å². The van der Waals surface area contributed by atoms with Gasteiger partial charge in [-0.2, -0.15) is 0 Å². The molecular weight excluding hydrogens is 336 g/mol. The van der Waals surface area contributed by atoms with E-state index in [1.165, 1.54) is 12.1 Å². The zero-order valence-electron chi connectivity index (χ0n) is 13.9. The molecule has 0 atom stereocenters. The van der Waals surface area contributed by atoms with Crippen molar-refractivity contribution >= 4 is 29.5 Å². The van der Waals surface area contributed by atoms with Crippen LogP contribution in [0.4, 0.5) is 5.69 Å². The van der Waals surface area contributed by atoms with E-state index in [0.29, 0.717) is 10.7 Å². The first kappa shape index (κ1) is 17.0. The molecule has 1 aromatic heterocycles. The number of aromatic nitrogens is 1. The SMILES string of the molecule is Cc1cc(C=Nc2cc(C(=O)O)ccc2Cl)c(C)n1-c1ccccc1. The highest BCUT2D eigenvalue weighted by Gasteiger charge is 2.10. The lowest BCUT2D eigenvalue weighted by Gasteiger charge is -2.09. The third-order valence-electron chi connectivity index (χ3n) is 4.02. The number of hydrogen-bond acceptors (Lipinski definition) is 2. The first-order valence-corrected chi connectivity index (χ1v) is 8.16. The van der Waals surface area contributed by atoms with Gasteiger partial charge in [0.15, 0.2) is 0 Å². The lowest BCUT2D eigenvalue weighted by atomic mass is 10.2. The molecule has 0 bridgehead atoms. The standard InChI is InChI=1S/C20H17ClN2O2/c1-13-10-16(14(2)23(13)17-6-4-3-5-7-17)12-22-19-11-15(20(24)25)8-9-18(19)21/h3-12H,1-2H3,(H,24,25). The monoisotopic (exact) mass is 352 g/mol. The van der Waals surface area contributed by atoms with Crippen LogP contribution in [0.25, 0.3) is 5.69 Å². The number of carboxylic acid groups (broad SMARTS) is 1. The minimum Gasteiger partial charge on any atom is -0.478 e. The van der Waals surface area contributed by atoms with Crippen LogP contribution >= 0.6 is 11.6 Å². The molecule has 4 nitrogen and oxygen atoms in total. The van der Waals surface area contributed by atoms with Crippen molar-refractivity contribution in [2.45, 2.75) is 13.8 Å². The van der Waals surface area contributed by atoms with Crippen molar-refractivity contribution in [3.05, 3.63) is 82.1 Å². The summed E-state index contributed by atoms with van der Waals surface area (Å²) in [5, 5.41) is 9.51. The Labute approximate surface area is 151 Å². The van der Waals surface area contributed by atoms with Gasteiger partial charge in [0.1, 0.15) is 0 Å². The maximum absolute atomic E-state index is 11.1. The molecule has 0 aliphatic rings. The van der Waals surface area contributed by atoms with E-state index in [1.807, 2.05) is 50.2 Å². The van der Waals surface area contributed by atoms with Crippen LogP contribution in [0.1, 0.15) is 27.3 Å². The third kappa shape index (κ3) is 3.49. The Balaban J connectivity index is 1.98. The predicted molar refractivity (Wildman–Crippen MR) is 101 cm³/mol. The van der Waals surface area contributed by atoms with Gasteiger partial charge < -0.3 is 9.67 Å². The van der Waals surface area contributed by atoms with Gasteiger partial charge in [-0.15, -0.1) is 0 Å². The van der Waals surface area contributed by atoms with Crippen molar-refractivity contribution in [2.75, 3.05) is 0 Å². The summed E-state index contributed by atoms with van der Waals surface area (Å²) < 4.78 is 2.15. The first-order valence-electron chi connectivity index (χ1n) is 7.78. The van der Waals surface area contributed by atoms with Gasteiger partial charge in [0.2, 0.25) is 0 Å². The highest BCUT2D eigenvalue weighted by atomic mass is 35.5. The summed E-state index contributed by atoms with van der Waals surface area (Å²) >= 11 is 6.13. The fourth-order valence-electron chi connectivity index (χ4n) is 2.78. The number of aliphatic imine (C=N–C) groups is 1. The molecule has 0 radical (unpaired) electrons. The molecule has 1 N–H and O–H groups in total. The highest BCUT2D eigenvalue weighted by Crippen LogP contribution is 2.27. The van der Waals surface area contributed by atoms with Gasteiger partial charge in [-0.3, -0.25) is 4.99 Å². The summed E-state index contributed by atoms with van der Waals surface area (Å²) in [4.78, 5) is 15.5. The van der Waals surface area contributed by atoms with E-state index in [0.717, 1.165) is 22.6 Å². The molecular formula is C20H17ClN2O2. The van der Waals surface area contributed by atoms with Crippen LogP contribution in [-0.2, 0) is 0 Å². The number of aromatic carboxylic acids is 1. The number of nitrogens with zero attached hydrogens (tertiary/aromatic N) is 2. The molecule has 5 heteroatoms. The summed E-state index contributed by atoms with van der Waals surface area (Å²) in [7, 11) is 0. The number of para-hydroxylation sites is 1. The van der Waals surface area contributed by atoms with E-state index in [9.17, 15) is 4.79 Å². The summed E-state index contributed by atoms with van der Waals surface area (Å²) in [6.45, 7) is 4.06. The Kier molecular flexibility index (Phi) is 4.72. The predicted octanol–water partition coefficient (Wildman–Crippen LogP) is 5.20. The maximum Gasteiger partial charge on any atom is 0.335 e. The van der Waals surface area contributed by atoms with Crippen molar-refractivity contribution in [3.63, 3.8) is 0 Å². The second kappa shape index (κ2) is 6.95. The first-order chi connectivity index (χ1) is 12.0. The van der Waals surface area contributed by atoms with Crippen LogP contribution in [0.2, 0.25) is 5.02 Å². The Hall–Kier alpha value is -2.85. The van der Waals surface area contributed by atoms with E-state index in [4.69, 9.17) is 16.7 Å². The van der Waals surface area contributed by atoms with Crippen molar-refractivity contribution in [1.29, 1.82) is 0 Å². The van der Waals surface area contributed by atoms with E-state index in [1.54, 1.807) is 12.3 Å². The molecule has 0 amide bonds. The molecule has 0 saturated heterocycles. The molecule has 3 aromatic rings. The number of benzene rings is 2. The number of halogens is 1. The van der Waals surface area contributed by atoms with Gasteiger partial charge in [0.25, 0.3) is 0 Å². The molecule has 1 heterocycles. The molecule has 0 aliphatic heterocycles. The Morgan fingerprint density at radius 1 is 1.12 bits per heavy atom. The Morgan fingerprint density at radius 2 is 1.84 bits per heavy atom. The highest BCUT2D eigenvalue weighted by molar-refractivity contribution is 6.33. The van der Waals surface area contributed by atoms with Crippen LogP contribution in [0, 0.1) is 13.8 Å². The average molecular weight is 353 g/mol. The van der Waals surface area contributed by atoms with E-state index in [-0.39, 0.29) is 5.56 Å². The molecule has 2 aromatic carbocycles. The molecule has 0 fully saturated rings. The molecule has 0 spiro atoms. The van der Waals surface area contributed by atoms with E-state index < -0.39 is 5.97 Å². The fourth-order valence-corrected chi connectivity index (χ4v) is 2.94. The van der Waals surface area contributed by atoms with E-state index >= 15 is 0 Å². The minimum absolute atomic E-state index is 0.159. The van der Waals surface area contributed by atoms with Crippen LogP contribution in [0.5, 0.6) is 0 Å². The number of rotatable bonds is 4.